The lowest BCUT2D eigenvalue weighted by Gasteiger charge is -2.30. The van der Waals surface area contributed by atoms with E-state index in [1.807, 2.05) is 0 Å². The molecule has 2 N–H and O–H groups in total. The summed E-state index contributed by atoms with van der Waals surface area (Å²) >= 11 is 0.739. The molecule has 0 amide bonds. The number of aryl methyl sites for hydroxylation is 1. The average molecular weight is 451 g/mol. The highest BCUT2D eigenvalue weighted by atomic mass is 32.2. The third-order valence-electron chi connectivity index (χ3n) is 4.52. The summed E-state index contributed by atoms with van der Waals surface area (Å²) in [6.07, 6.45) is -1.03. The van der Waals surface area contributed by atoms with Gasteiger partial charge in [-0.2, -0.15) is 13.2 Å². The van der Waals surface area contributed by atoms with E-state index in [0.717, 1.165) is 17.6 Å². The van der Waals surface area contributed by atoms with E-state index in [0.29, 0.717) is 31.5 Å². The molecule has 0 aromatic carbocycles. The number of hydrogen-bond donors (Lipinski definition) is 2. The van der Waals surface area contributed by atoms with Crippen LogP contribution in [0.1, 0.15) is 29.1 Å². The van der Waals surface area contributed by atoms with Gasteiger partial charge in [0.2, 0.25) is 16.0 Å². The highest BCUT2D eigenvalue weighted by molar-refractivity contribution is 7.88. The highest BCUT2D eigenvalue weighted by Gasteiger charge is 2.38. The first-order valence-corrected chi connectivity index (χ1v) is 11.4. The molecule has 0 bridgehead atoms. The number of rotatable bonds is 5. The first kappa shape index (κ1) is 21.9. The summed E-state index contributed by atoms with van der Waals surface area (Å²) in [4.78, 5) is 11.7. The summed E-state index contributed by atoms with van der Waals surface area (Å²) in [5, 5.41) is 12.2. The van der Waals surface area contributed by atoms with Crippen molar-refractivity contribution in [3.63, 3.8) is 0 Å². The minimum atomic E-state index is -4.68. The number of aliphatic hydroxyl groups is 1. The summed E-state index contributed by atoms with van der Waals surface area (Å²) in [7, 11) is -3.25. The van der Waals surface area contributed by atoms with Crippen LogP contribution in [-0.2, 0) is 22.8 Å². The van der Waals surface area contributed by atoms with Gasteiger partial charge in [0.05, 0.1) is 23.4 Å². The van der Waals surface area contributed by atoms with Gasteiger partial charge in [-0.25, -0.2) is 27.7 Å². The lowest BCUT2D eigenvalue weighted by Crippen LogP contribution is -2.42. The molecule has 29 heavy (non-hydrogen) atoms. The molecule has 0 unspecified atom stereocenters. The van der Waals surface area contributed by atoms with Crippen molar-refractivity contribution < 1.29 is 26.7 Å². The fourth-order valence-corrected chi connectivity index (χ4v) is 4.91. The molecule has 1 aliphatic rings. The third kappa shape index (κ3) is 5.02. The van der Waals surface area contributed by atoms with Crippen molar-refractivity contribution in [2.24, 2.45) is 0 Å². The standard InChI is InChI=1S/C16H20F3N5O3S2/c1-9-7-20-15(21-10-3-5-24(6-4-10)29(2,26)27)23-12(9)13-14(16(17,18)19)22-11(8-25)28-13/h7,10,25H,3-6,8H2,1-2H3,(H,20,21,23). The molecule has 0 radical (unpaired) electrons. The average Bonchev–Trinajstić information content (AvgIpc) is 3.08. The van der Waals surface area contributed by atoms with Crippen LogP contribution < -0.4 is 5.32 Å². The van der Waals surface area contributed by atoms with Gasteiger partial charge in [-0.15, -0.1) is 11.3 Å². The summed E-state index contributed by atoms with van der Waals surface area (Å²) in [5.41, 5.74) is -0.539. The van der Waals surface area contributed by atoms with E-state index >= 15 is 0 Å². The molecular weight excluding hydrogens is 431 g/mol. The Morgan fingerprint density at radius 1 is 1.31 bits per heavy atom. The number of aromatic nitrogens is 3. The number of anilines is 1. The van der Waals surface area contributed by atoms with Crippen molar-refractivity contribution >= 4 is 27.3 Å². The summed E-state index contributed by atoms with van der Waals surface area (Å²) in [5.74, 6) is 0.162. The Balaban J connectivity index is 1.84. The van der Waals surface area contributed by atoms with E-state index in [2.05, 4.69) is 20.3 Å². The number of thiazole rings is 1. The topological polar surface area (TPSA) is 108 Å². The molecule has 0 aliphatic carbocycles. The van der Waals surface area contributed by atoms with E-state index in [1.165, 1.54) is 10.5 Å². The molecule has 2 aromatic heterocycles. The van der Waals surface area contributed by atoms with Crippen LogP contribution >= 0.6 is 11.3 Å². The van der Waals surface area contributed by atoms with Crippen LogP contribution in [0.15, 0.2) is 6.20 Å². The fourth-order valence-electron chi connectivity index (χ4n) is 3.04. The Bertz CT molecular complexity index is 986. The van der Waals surface area contributed by atoms with Crippen molar-refractivity contribution in [2.75, 3.05) is 24.7 Å². The zero-order valence-corrected chi connectivity index (χ0v) is 17.3. The van der Waals surface area contributed by atoms with Gasteiger partial charge in [0.25, 0.3) is 0 Å². The molecule has 160 valence electrons. The third-order valence-corrected chi connectivity index (χ3v) is 6.87. The number of sulfonamides is 1. The molecule has 0 spiro atoms. The Labute approximate surface area is 169 Å². The summed E-state index contributed by atoms with van der Waals surface area (Å²) < 4.78 is 64.7. The predicted molar refractivity (Wildman–Crippen MR) is 102 cm³/mol. The minimum absolute atomic E-state index is 0.0482. The minimum Gasteiger partial charge on any atom is -0.389 e. The number of alkyl halides is 3. The van der Waals surface area contributed by atoms with Crippen molar-refractivity contribution in [3.8, 4) is 10.6 Å². The van der Waals surface area contributed by atoms with Crippen LogP contribution in [-0.4, -0.2) is 58.2 Å². The molecule has 0 saturated carbocycles. The van der Waals surface area contributed by atoms with Gasteiger partial charge in [0.15, 0.2) is 5.69 Å². The Hall–Kier alpha value is -1.83. The maximum atomic E-state index is 13.4. The second-order valence-electron chi connectivity index (χ2n) is 6.75. The van der Waals surface area contributed by atoms with Crippen molar-refractivity contribution in [1.29, 1.82) is 0 Å². The van der Waals surface area contributed by atoms with Gasteiger partial charge in [0, 0.05) is 25.3 Å². The van der Waals surface area contributed by atoms with Gasteiger partial charge in [-0.1, -0.05) is 0 Å². The number of aliphatic hydroxyl groups excluding tert-OH is 1. The summed E-state index contributed by atoms with van der Waals surface area (Å²) in [6.45, 7) is 1.70. The van der Waals surface area contributed by atoms with E-state index in [-0.39, 0.29) is 27.6 Å². The maximum Gasteiger partial charge on any atom is 0.434 e. The van der Waals surface area contributed by atoms with Crippen LogP contribution in [0.3, 0.4) is 0 Å². The van der Waals surface area contributed by atoms with Gasteiger partial charge in [-0.3, -0.25) is 0 Å². The van der Waals surface area contributed by atoms with Crippen molar-refractivity contribution in [1.82, 2.24) is 19.3 Å². The molecule has 1 aliphatic heterocycles. The molecule has 3 rings (SSSR count). The molecule has 1 fully saturated rings. The number of halogens is 3. The molecule has 2 aromatic rings. The lowest BCUT2D eigenvalue weighted by molar-refractivity contribution is -0.140. The van der Waals surface area contributed by atoms with Crippen LogP contribution in [0.2, 0.25) is 0 Å². The second kappa shape index (κ2) is 8.13. The van der Waals surface area contributed by atoms with Crippen LogP contribution in [0.25, 0.3) is 10.6 Å². The van der Waals surface area contributed by atoms with Crippen LogP contribution in [0, 0.1) is 6.92 Å². The van der Waals surface area contributed by atoms with Crippen molar-refractivity contribution in [3.05, 3.63) is 22.5 Å². The Morgan fingerprint density at radius 2 is 1.97 bits per heavy atom. The molecule has 0 atom stereocenters. The monoisotopic (exact) mass is 451 g/mol. The first-order chi connectivity index (χ1) is 13.5. The van der Waals surface area contributed by atoms with E-state index in [9.17, 15) is 26.7 Å². The molecule has 1 saturated heterocycles. The fraction of sp³-hybridized carbons (Fsp3) is 0.562. The van der Waals surface area contributed by atoms with Crippen LogP contribution in [0.5, 0.6) is 0 Å². The smallest absolute Gasteiger partial charge is 0.389 e. The number of nitrogens with one attached hydrogen (secondary N) is 1. The molecule has 3 heterocycles. The van der Waals surface area contributed by atoms with Crippen LogP contribution in [0.4, 0.5) is 19.1 Å². The Kier molecular flexibility index (Phi) is 6.13. The zero-order valence-electron chi connectivity index (χ0n) is 15.7. The largest absolute Gasteiger partial charge is 0.434 e. The molecule has 8 nitrogen and oxygen atoms in total. The lowest BCUT2D eigenvalue weighted by atomic mass is 10.1. The van der Waals surface area contributed by atoms with E-state index < -0.39 is 28.5 Å². The molecule has 13 heteroatoms. The quantitative estimate of drug-likeness (QED) is 0.718. The van der Waals surface area contributed by atoms with E-state index in [1.54, 1.807) is 6.92 Å². The highest BCUT2D eigenvalue weighted by Crippen LogP contribution is 2.40. The predicted octanol–water partition coefficient (Wildman–Crippen LogP) is 2.26. The van der Waals surface area contributed by atoms with Gasteiger partial charge < -0.3 is 10.4 Å². The summed E-state index contributed by atoms with van der Waals surface area (Å²) in [6, 6.07) is -0.0971. The normalized spacial score (nSPS) is 16.9. The molecular formula is C16H20F3N5O3S2. The number of hydrogen-bond acceptors (Lipinski definition) is 8. The Morgan fingerprint density at radius 3 is 2.52 bits per heavy atom. The number of nitrogens with zero attached hydrogens (tertiary/aromatic N) is 4. The zero-order chi connectivity index (χ0) is 21.4. The second-order valence-corrected chi connectivity index (χ2v) is 9.81. The van der Waals surface area contributed by atoms with Gasteiger partial charge in [0.1, 0.15) is 5.01 Å². The first-order valence-electron chi connectivity index (χ1n) is 8.72. The number of piperidine rings is 1. The van der Waals surface area contributed by atoms with Crippen molar-refractivity contribution in [2.45, 2.75) is 38.6 Å². The maximum absolute atomic E-state index is 13.4. The SMILES string of the molecule is Cc1cnc(NC2CCN(S(C)(=O)=O)CC2)nc1-c1sc(CO)nc1C(F)(F)F. The van der Waals surface area contributed by atoms with Gasteiger partial charge in [-0.05, 0) is 25.3 Å². The van der Waals surface area contributed by atoms with Gasteiger partial charge >= 0.3 is 6.18 Å². The van der Waals surface area contributed by atoms with E-state index in [4.69, 9.17) is 0 Å².